The van der Waals surface area contributed by atoms with Crippen molar-refractivity contribution in [1.82, 2.24) is 9.88 Å². The summed E-state index contributed by atoms with van der Waals surface area (Å²) in [4.78, 5) is 11.1. The zero-order chi connectivity index (χ0) is 13.8. The molecule has 1 aromatic heterocycles. The number of halogens is 1. The molecule has 1 aliphatic rings. The standard InChI is InChI=1S/C14H14BrN3OS/c15-12-3-1-2-11(8-12)13-9-20-14(17-13)16-10-18-4-6-19-7-5-18/h1-3,8-10H,4-7H2. The molecule has 0 spiro atoms. The first-order valence-corrected chi connectivity index (χ1v) is 8.06. The van der Waals surface area contributed by atoms with Gasteiger partial charge in [-0.05, 0) is 12.1 Å². The monoisotopic (exact) mass is 351 g/mol. The van der Waals surface area contributed by atoms with Crippen LogP contribution in [0.4, 0.5) is 5.13 Å². The molecule has 0 amide bonds. The molecule has 104 valence electrons. The summed E-state index contributed by atoms with van der Waals surface area (Å²) in [7, 11) is 0. The Labute approximate surface area is 130 Å². The van der Waals surface area contributed by atoms with Crippen molar-refractivity contribution in [3.8, 4) is 11.3 Å². The lowest BCUT2D eigenvalue weighted by molar-refractivity contribution is 0.0701. The van der Waals surface area contributed by atoms with Crippen molar-refractivity contribution in [2.45, 2.75) is 0 Å². The van der Waals surface area contributed by atoms with E-state index in [0.29, 0.717) is 0 Å². The summed E-state index contributed by atoms with van der Waals surface area (Å²) in [5, 5.41) is 2.82. The number of rotatable bonds is 3. The predicted molar refractivity (Wildman–Crippen MR) is 85.8 cm³/mol. The Bertz CT molecular complexity index is 608. The maximum absolute atomic E-state index is 5.30. The van der Waals surface area contributed by atoms with Crippen LogP contribution in [0.2, 0.25) is 0 Å². The minimum Gasteiger partial charge on any atom is -0.378 e. The molecule has 6 heteroatoms. The number of nitrogens with zero attached hydrogens (tertiary/aromatic N) is 3. The molecule has 0 bridgehead atoms. The fourth-order valence-electron chi connectivity index (χ4n) is 1.93. The fraction of sp³-hybridized carbons (Fsp3) is 0.286. The smallest absolute Gasteiger partial charge is 0.211 e. The highest BCUT2D eigenvalue weighted by Gasteiger charge is 2.07. The van der Waals surface area contributed by atoms with Crippen LogP contribution >= 0.6 is 27.3 Å². The van der Waals surface area contributed by atoms with Crippen LogP contribution in [-0.4, -0.2) is 42.5 Å². The molecule has 2 aromatic rings. The minimum absolute atomic E-state index is 0.771. The highest BCUT2D eigenvalue weighted by molar-refractivity contribution is 9.10. The lowest BCUT2D eigenvalue weighted by atomic mass is 10.2. The summed E-state index contributed by atoms with van der Waals surface area (Å²) in [5.74, 6) is 0. The van der Waals surface area contributed by atoms with Crippen LogP contribution in [0.5, 0.6) is 0 Å². The molecule has 1 aromatic carbocycles. The summed E-state index contributed by atoms with van der Waals surface area (Å²) < 4.78 is 6.36. The van der Waals surface area contributed by atoms with E-state index < -0.39 is 0 Å². The highest BCUT2D eigenvalue weighted by atomic mass is 79.9. The third-order valence-corrected chi connectivity index (χ3v) is 4.23. The number of thiazole rings is 1. The zero-order valence-electron chi connectivity index (χ0n) is 10.8. The molecule has 1 fully saturated rings. The Morgan fingerprint density at radius 1 is 1.35 bits per heavy atom. The molecule has 1 aliphatic heterocycles. The van der Waals surface area contributed by atoms with Gasteiger partial charge >= 0.3 is 0 Å². The summed E-state index contributed by atoms with van der Waals surface area (Å²) in [6.07, 6.45) is 1.87. The van der Waals surface area contributed by atoms with Crippen LogP contribution in [0.1, 0.15) is 0 Å². The molecule has 0 unspecified atom stereocenters. The van der Waals surface area contributed by atoms with Crippen LogP contribution in [0.15, 0.2) is 39.1 Å². The van der Waals surface area contributed by atoms with E-state index in [1.54, 1.807) is 11.3 Å². The van der Waals surface area contributed by atoms with Gasteiger partial charge in [0.1, 0.15) is 0 Å². The predicted octanol–water partition coefficient (Wildman–Crippen LogP) is 3.56. The van der Waals surface area contributed by atoms with Gasteiger partial charge in [0.05, 0.1) is 25.2 Å². The van der Waals surface area contributed by atoms with Gasteiger partial charge in [-0.1, -0.05) is 28.1 Å². The normalized spacial score (nSPS) is 15.9. The van der Waals surface area contributed by atoms with Gasteiger partial charge in [-0.2, -0.15) is 0 Å². The van der Waals surface area contributed by atoms with Gasteiger partial charge in [0.15, 0.2) is 0 Å². The highest BCUT2D eigenvalue weighted by Crippen LogP contribution is 2.28. The maximum Gasteiger partial charge on any atom is 0.211 e. The van der Waals surface area contributed by atoms with Gasteiger partial charge < -0.3 is 9.64 Å². The first kappa shape index (κ1) is 13.7. The van der Waals surface area contributed by atoms with Crippen LogP contribution in [0, 0.1) is 0 Å². The van der Waals surface area contributed by atoms with Gasteiger partial charge in [-0.15, -0.1) is 11.3 Å². The van der Waals surface area contributed by atoms with E-state index in [2.05, 4.69) is 42.9 Å². The number of aromatic nitrogens is 1. The Morgan fingerprint density at radius 3 is 3.00 bits per heavy atom. The lowest BCUT2D eigenvalue weighted by Crippen LogP contribution is -2.34. The van der Waals surface area contributed by atoms with Crippen molar-refractivity contribution in [2.75, 3.05) is 26.3 Å². The molecule has 0 N–H and O–H groups in total. The molecule has 0 atom stereocenters. The number of ether oxygens (including phenoxy) is 1. The Kier molecular flexibility index (Phi) is 4.44. The molecule has 0 saturated carbocycles. The van der Waals surface area contributed by atoms with E-state index in [1.165, 1.54) is 0 Å². The van der Waals surface area contributed by atoms with Gasteiger partial charge in [-0.25, -0.2) is 9.98 Å². The van der Waals surface area contributed by atoms with E-state index in [1.807, 2.05) is 23.9 Å². The SMILES string of the molecule is Brc1cccc(-c2csc(N=CN3CCOCC3)n2)c1. The van der Waals surface area contributed by atoms with Crippen LogP contribution in [-0.2, 0) is 4.74 Å². The second kappa shape index (κ2) is 6.47. The van der Waals surface area contributed by atoms with Crippen molar-refractivity contribution in [3.05, 3.63) is 34.1 Å². The molecule has 20 heavy (non-hydrogen) atoms. The third kappa shape index (κ3) is 3.45. The largest absolute Gasteiger partial charge is 0.378 e. The maximum atomic E-state index is 5.30. The molecular formula is C14H14BrN3OS. The topological polar surface area (TPSA) is 37.7 Å². The molecule has 4 nitrogen and oxygen atoms in total. The molecule has 0 radical (unpaired) electrons. The van der Waals surface area contributed by atoms with Crippen LogP contribution < -0.4 is 0 Å². The Hall–Kier alpha value is -1.24. The van der Waals surface area contributed by atoms with Crippen molar-refractivity contribution in [3.63, 3.8) is 0 Å². The third-order valence-electron chi connectivity index (χ3n) is 2.99. The van der Waals surface area contributed by atoms with Crippen molar-refractivity contribution >= 4 is 38.7 Å². The molecular weight excluding hydrogens is 338 g/mol. The van der Waals surface area contributed by atoms with E-state index in [4.69, 9.17) is 4.74 Å². The average molecular weight is 352 g/mol. The Morgan fingerprint density at radius 2 is 2.20 bits per heavy atom. The van der Waals surface area contributed by atoms with Crippen molar-refractivity contribution in [1.29, 1.82) is 0 Å². The number of aliphatic imine (C=N–C) groups is 1. The number of morpholine rings is 1. The summed E-state index contributed by atoms with van der Waals surface area (Å²) >= 11 is 5.03. The van der Waals surface area contributed by atoms with Crippen LogP contribution in [0.3, 0.4) is 0 Å². The van der Waals surface area contributed by atoms with E-state index in [-0.39, 0.29) is 0 Å². The van der Waals surface area contributed by atoms with Crippen molar-refractivity contribution in [2.24, 2.45) is 4.99 Å². The van der Waals surface area contributed by atoms with E-state index in [9.17, 15) is 0 Å². The van der Waals surface area contributed by atoms with E-state index >= 15 is 0 Å². The minimum atomic E-state index is 0.771. The molecule has 0 aliphatic carbocycles. The quantitative estimate of drug-likeness (QED) is 0.626. The zero-order valence-corrected chi connectivity index (χ0v) is 13.2. The summed E-state index contributed by atoms with van der Waals surface area (Å²) in [6.45, 7) is 3.33. The number of hydrogen-bond donors (Lipinski definition) is 0. The van der Waals surface area contributed by atoms with Gasteiger partial charge in [0, 0.05) is 28.5 Å². The second-order valence-corrected chi connectivity index (χ2v) is 6.17. The first-order valence-electron chi connectivity index (χ1n) is 6.39. The van der Waals surface area contributed by atoms with E-state index in [0.717, 1.165) is 47.2 Å². The van der Waals surface area contributed by atoms with Gasteiger partial charge in [0.2, 0.25) is 5.13 Å². The fourth-order valence-corrected chi connectivity index (χ4v) is 2.99. The summed E-state index contributed by atoms with van der Waals surface area (Å²) in [5.41, 5.74) is 2.06. The average Bonchev–Trinajstić information content (AvgIpc) is 2.95. The van der Waals surface area contributed by atoms with Gasteiger partial charge in [-0.3, -0.25) is 0 Å². The summed E-state index contributed by atoms with van der Waals surface area (Å²) in [6, 6.07) is 8.13. The second-order valence-electron chi connectivity index (χ2n) is 4.42. The van der Waals surface area contributed by atoms with Gasteiger partial charge in [0.25, 0.3) is 0 Å². The number of hydrogen-bond acceptors (Lipinski definition) is 4. The first-order chi connectivity index (χ1) is 9.81. The molecule has 2 heterocycles. The van der Waals surface area contributed by atoms with Crippen LogP contribution in [0.25, 0.3) is 11.3 Å². The lowest BCUT2D eigenvalue weighted by Gasteiger charge is -2.23. The number of benzene rings is 1. The van der Waals surface area contributed by atoms with Crippen molar-refractivity contribution < 1.29 is 4.74 Å². The molecule has 1 saturated heterocycles. The Balaban J connectivity index is 1.71. The molecule has 3 rings (SSSR count).